The summed E-state index contributed by atoms with van der Waals surface area (Å²) in [6.07, 6.45) is 0. The van der Waals surface area contributed by atoms with Crippen LogP contribution < -0.4 is 0 Å². The van der Waals surface area contributed by atoms with Gasteiger partial charge in [-0.3, -0.25) is 0 Å². The van der Waals surface area contributed by atoms with E-state index in [1.807, 2.05) is 0 Å². The maximum Gasteiger partial charge on any atom is 0 e. The minimum absolute atomic E-state index is 0. The molecule has 5 heavy (non-hydrogen) atoms. The van der Waals surface area contributed by atoms with Crippen LogP contribution in [0.3, 0.4) is 0 Å². The molecule has 0 aromatic heterocycles. The van der Waals surface area contributed by atoms with Gasteiger partial charge in [0, 0.05) is 50.6 Å². The zero-order chi connectivity index (χ0) is 0. The fraction of sp³-hybridized carbons (Fsp3) is 0. The third kappa shape index (κ3) is 20.8. The van der Waals surface area contributed by atoms with Crippen LogP contribution in [0.5, 0.6) is 0 Å². The Morgan fingerprint density at radius 3 is 1.00 bits per heavy atom. The fourth-order valence-corrected chi connectivity index (χ4v) is 0. The first-order valence-corrected chi connectivity index (χ1v) is 0. The molecule has 0 aliphatic heterocycles. The summed E-state index contributed by atoms with van der Waals surface area (Å²) in [5.41, 5.74) is 0. The van der Waals surface area contributed by atoms with E-state index in [2.05, 4.69) is 0 Å². The van der Waals surface area contributed by atoms with Crippen molar-refractivity contribution in [3.63, 3.8) is 0 Å². The maximum atomic E-state index is 0. The molecule has 0 saturated carbocycles. The summed E-state index contributed by atoms with van der Waals surface area (Å²) in [5, 5.41) is 0. The van der Waals surface area contributed by atoms with E-state index in [1.54, 1.807) is 0 Å². The van der Waals surface area contributed by atoms with Crippen LogP contribution in [0, 0.1) is 0 Å². The van der Waals surface area contributed by atoms with Crippen LogP contribution in [-0.2, 0) is 50.6 Å². The summed E-state index contributed by atoms with van der Waals surface area (Å²) < 4.78 is 0. The first kappa shape index (κ1) is 49.6. The van der Waals surface area contributed by atoms with Crippen molar-refractivity contribution in [2.45, 2.75) is 0 Å². The minimum Gasteiger partial charge on any atom is 0 e. The molecule has 0 heterocycles. The van der Waals surface area contributed by atoms with Gasteiger partial charge in [0.1, 0.15) is 0 Å². The molecule has 1 unspecified atom stereocenters. The molecule has 0 aromatic rings. The Labute approximate surface area is 78.7 Å². The molecule has 1 radical (unpaired) electrons. The largest absolute Gasteiger partial charge is 0 e. The minimum atomic E-state index is 0. The van der Waals surface area contributed by atoms with Crippen molar-refractivity contribution in [3.8, 4) is 0 Å². The van der Waals surface area contributed by atoms with Crippen LogP contribution >= 0.6 is 9.90 Å². The van der Waals surface area contributed by atoms with Crippen LogP contribution in [0.15, 0.2) is 0 Å². The van der Waals surface area contributed by atoms with Crippen LogP contribution in [0.25, 0.3) is 0 Å². The van der Waals surface area contributed by atoms with Crippen molar-refractivity contribution in [1.29, 1.82) is 0 Å². The van der Waals surface area contributed by atoms with Gasteiger partial charge in [0.15, 0.2) is 0 Å². The predicted molar refractivity (Wildman–Crippen MR) is 18.3 cm³/mol. The van der Waals surface area contributed by atoms with Crippen molar-refractivity contribution in [3.05, 3.63) is 0 Å². The van der Waals surface area contributed by atoms with Gasteiger partial charge in [-0.25, -0.2) is 0 Å². The maximum absolute atomic E-state index is 0. The normalized spacial score (nSPS) is 0. The zero-order valence-electron chi connectivity index (χ0n) is 1.75. The summed E-state index contributed by atoms with van der Waals surface area (Å²) >= 11 is 0. The second-order valence-corrected chi connectivity index (χ2v) is 0. The number of hydrogen-bond donors (Lipinski definition) is 0. The molecular formula is H4FeLiMnNiP. The summed E-state index contributed by atoms with van der Waals surface area (Å²) in [6, 6.07) is 0. The van der Waals surface area contributed by atoms with Crippen molar-refractivity contribution in [1.82, 2.24) is 0 Å². The first-order valence-electron chi connectivity index (χ1n) is 0. The molecule has 0 saturated heterocycles. The van der Waals surface area contributed by atoms with Crippen molar-refractivity contribution >= 4 is 28.8 Å². The van der Waals surface area contributed by atoms with Gasteiger partial charge >= 0.3 is 18.9 Å². The van der Waals surface area contributed by atoms with Crippen LogP contribution in [0.2, 0.25) is 0 Å². The molecule has 0 aromatic carbocycles. The predicted octanol–water partition coefficient (Wildman–Crippen LogP) is -0.598. The Hall–Kier alpha value is 2.56. The molecule has 0 amide bonds. The van der Waals surface area contributed by atoms with E-state index in [-0.39, 0.29) is 79.4 Å². The van der Waals surface area contributed by atoms with E-state index >= 15 is 0 Å². The Kier molecular flexibility index (Phi) is 307. The molecule has 1 atom stereocenters. The second-order valence-electron chi connectivity index (χ2n) is 0. The zero-order valence-corrected chi connectivity index (χ0v) is 6.44. The Morgan fingerprint density at radius 1 is 1.00 bits per heavy atom. The van der Waals surface area contributed by atoms with Gasteiger partial charge < -0.3 is 0 Å². The van der Waals surface area contributed by atoms with Gasteiger partial charge in [-0.15, -0.1) is 0 Å². The van der Waals surface area contributed by atoms with E-state index < -0.39 is 0 Å². The topological polar surface area (TPSA) is 0 Å². The van der Waals surface area contributed by atoms with E-state index in [0.29, 0.717) is 0 Å². The molecule has 0 rings (SSSR count). The molecule has 0 aliphatic rings. The third-order valence-corrected chi connectivity index (χ3v) is 0. The fourth-order valence-electron chi connectivity index (χ4n) is 0. The van der Waals surface area contributed by atoms with E-state index in [1.165, 1.54) is 0 Å². The summed E-state index contributed by atoms with van der Waals surface area (Å²) in [7, 11) is 0. The Balaban J connectivity index is 0. The molecule has 0 spiro atoms. The SMILES string of the molecule is P.[Fe].[LiH].[Mn].[Ni]. The van der Waals surface area contributed by atoms with Gasteiger partial charge in [-0.1, -0.05) is 0 Å². The quantitative estimate of drug-likeness (QED) is 0.371. The Morgan fingerprint density at radius 2 is 1.00 bits per heavy atom. The second kappa shape index (κ2) is 30.9. The molecule has 0 bridgehead atoms. The molecule has 35 valence electrons. The molecule has 0 aliphatic carbocycles. The van der Waals surface area contributed by atoms with Crippen LogP contribution in [0.4, 0.5) is 0 Å². The van der Waals surface area contributed by atoms with E-state index in [0.717, 1.165) is 0 Å². The average molecular weight is 211 g/mol. The summed E-state index contributed by atoms with van der Waals surface area (Å²) in [4.78, 5) is 0. The molecule has 0 fully saturated rings. The van der Waals surface area contributed by atoms with Gasteiger partial charge in [0.25, 0.3) is 0 Å². The molecule has 0 nitrogen and oxygen atoms in total. The smallest absolute Gasteiger partial charge is 0 e. The average Bonchev–Trinajstić information content (AvgIpc) is 0. The van der Waals surface area contributed by atoms with Crippen LogP contribution in [-0.4, -0.2) is 18.9 Å². The van der Waals surface area contributed by atoms with E-state index in [4.69, 9.17) is 0 Å². The molecule has 5 heteroatoms. The number of hydrogen-bond acceptors (Lipinski definition) is 0. The summed E-state index contributed by atoms with van der Waals surface area (Å²) in [5.74, 6) is 0. The third-order valence-electron chi connectivity index (χ3n) is 0. The molecular weight excluding hydrogens is 207 g/mol. The van der Waals surface area contributed by atoms with Crippen molar-refractivity contribution in [2.24, 2.45) is 0 Å². The standard InChI is InChI=1S/Fe.Li.Mn.Ni.H3P.H/h;;;;1H3;. The van der Waals surface area contributed by atoms with Gasteiger partial charge in [0.05, 0.1) is 0 Å². The van der Waals surface area contributed by atoms with Gasteiger partial charge in [0.2, 0.25) is 0 Å². The van der Waals surface area contributed by atoms with Crippen molar-refractivity contribution < 1.29 is 50.6 Å². The summed E-state index contributed by atoms with van der Waals surface area (Å²) in [6.45, 7) is 0. The van der Waals surface area contributed by atoms with Crippen LogP contribution in [0.1, 0.15) is 0 Å². The first-order chi connectivity index (χ1) is 0. The van der Waals surface area contributed by atoms with E-state index in [9.17, 15) is 0 Å². The van der Waals surface area contributed by atoms with Gasteiger partial charge in [-0.05, 0) is 0 Å². The monoisotopic (exact) mass is 211 g/mol. The van der Waals surface area contributed by atoms with Gasteiger partial charge in [-0.2, -0.15) is 9.90 Å². The Bertz CT molecular complexity index is 11.6. The van der Waals surface area contributed by atoms with Crippen molar-refractivity contribution in [2.75, 3.05) is 0 Å². The molecule has 0 N–H and O–H groups in total. The number of rotatable bonds is 0.